The molecule has 1 aliphatic heterocycles. The zero-order valence-corrected chi connectivity index (χ0v) is 21.4. The van der Waals surface area contributed by atoms with E-state index >= 15 is 0 Å². The van der Waals surface area contributed by atoms with Gasteiger partial charge in [0.15, 0.2) is 11.5 Å². The number of amides is 1. The number of aryl methyl sites for hydroxylation is 1. The number of likely N-dealkylation sites (tertiary alicyclic amines) is 1. The van der Waals surface area contributed by atoms with Crippen molar-refractivity contribution in [1.82, 2.24) is 10.2 Å². The van der Waals surface area contributed by atoms with Gasteiger partial charge in [-0.25, -0.2) is 0 Å². The highest BCUT2D eigenvalue weighted by Gasteiger charge is 2.21. The Kier molecular flexibility index (Phi) is 8.32. The van der Waals surface area contributed by atoms with Gasteiger partial charge in [-0.05, 0) is 91.4 Å². The van der Waals surface area contributed by atoms with E-state index in [1.807, 2.05) is 19.1 Å². The number of hydrogen-bond donors (Lipinski definition) is 1. The summed E-state index contributed by atoms with van der Waals surface area (Å²) in [6.07, 6.45) is 2.28. The van der Waals surface area contributed by atoms with Gasteiger partial charge < -0.3 is 14.8 Å². The van der Waals surface area contributed by atoms with Crippen LogP contribution in [-0.4, -0.2) is 38.1 Å². The third kappa shape index (κ3) is 6.36. The molecule has 1 fully saturated rings. The summed E-state index contributed by atoms with van der Waals surface area (Å²) in [5.41, 5.74) is 5.24. The summed E-state index contributed by atoms with van der Waals surface area (Å²) >= 11 is 6.06. The van der Waals surface area contributed by atoms with E-state index in [0.29, 0.717) is 23.0 Å². The molecule has 4 rings (SSSR count). The van der Waals surface area contributed by atoms with Gasteiger partial charge in [0.2, 0.25) is 0 Å². The number of halogens is 1. The van der Waals surface area contributed by atoms with Crippen molar-refractivity contribution in [1.29, 1.82) is 0 Å². The molecule has 0 saturated carbocycles. The van der Waals surface area contributed by atoms with Crippen LogP contribution in [0.1, 0.15) is 51.4 Å². The van der Waals surface area contributed by atoms with Crippen molar-refractivity contribution in [3.63, 3.8) is 0 Å². The zero-order chi connectivity index (χ0) is 24.8. The number of rotatable bonds is 8. The third-order valence-electron chi connectivity index (χ3n) is 6.77. The molecule has 0 bridgehead atoms. The number of nitrogens with one attached hydrogen (secondary N) is 1. The van der Waals surface area contributed by atoms with Crippen molar-refractivity contribution in [2.75, 3.05) is 27.3 Å². The van der Waals surface area contributed by atoms with Gasteiger partial charge in [0, 0.05) is 23.7 Å². The Balaban J connectivity index is 1.26. The van der Waals surface area contributed by atoms with Crippen LogP contribution in [0.25, 0.3) is 0 Å². The minimum absolute atomic E-state index is 0.0873. The van der Waals surface area contributed by atoms with Crippen LogP contribution >= 0.6 is 11.6 Å². The average Bonchev–Trinajstić information content (AvgIpc) is 2.89. The first-order valence-corrected chi connectivity index (χ1v) is 12.4. The third-order valence-corrected chi connectivity index (χ3v) is 7.19. The van der Waals surface area contributed by atoms with Gasteiger partial charge in [0.1, 0.15) is 0 Å². The van der Waals surface area contributed by atoms with Crippen LogP contribution in [0.2, 0.25) is 5.02 Å². The van der Waals surface area contributed by atoms with E-state index in [-0.39, 0.29) is 5.91 Å². The maximum Gasteiger partial charge on any atom is 0.251 e. The lowest BCUT2D eigenvalue weighted by atomic mass is 9.89. The van der Waals surface area contributed by atoms with Gasteiger partial charge in [0.05, 0.1) is 14.2 Å². The molecule has 1 saturated heterocycles. The summed E-state index contributed by atoms with van der Waals surface area (Å²) < 4.78 is 10.8. The first-order chi connectivity index (χ1) is 17.0. The molecule has 0 aromatic heterocycles. The standard InChI is InChI=1S/C29H33ClN2O3/c1-20-16-25(9-10-26(20)30)29(33)31-18-21-4-7-23(8-5-21)24-12-14-32(15-13-24)19-22-6-11-27(34-2)28(17-22)35-3/h4-11,16-17,24H,12-15,18-19H2,1-3H3,(H,31,33). The van der Waals surface area contributed by atoms with E-state index in [1.54, 1.807) is 26.4 Å². The number of carbonyl (C=O) groups is 1. The summed E-state index contributed by atoms with van der Waals surface area (Å²) in [5.74, 6) is 2.02. The number of carbonyl (C=O) groups excluding carboxylic acids is 1. The van der Waals surface area contributed by atoms with Crippen LogP contribution in [0.5, 0.6) is 11.5 Å². The summed E-state index contributed by atoms with van der Waals surface area (Å²) in [4.78, 5) is 15.0. The Bertz CT molecular complexity index is 1160. The van der Waals surface area contributed by atoms with Gasteiger partial charge >= 0.3 is 0 Å². The molecule has 1 aliphatic rings. The Morgan fingerprint density at radius 1 is 0.943 bits per heavy atom. The second kappa shape index (κ2) is 11.6. The largest absolute Gasteiger partial charge is 0.493 e. The maximum absolute atomic E-state index is 12.5. The highest BCUT2D eigenvalue weighted by molar-refractivity contribution is 6.31. The SMILES string of the molecule is COc1ccc(CN2CCC(c3ccc(CNC(=O)c4ccc(Cl)c(C)c4)cc3)CC2)cc1OC. The predicted molar refractivity (Wildman–Crippen MR) is 141 cm³/mol. The Morgan fingerprint density at radius 2 is 1.63 bits per heavy atom. The molecule has 5 nitrogen and oxygen atoms in total. The molecule has 184 valence electrons. The van der Waals surface area contributed by atoms with E-state index in [1.165, 1.54) is 11.1 Å². The second-order valence-electron chi connectivity index (χ2n) is 9.13. The molecule has 3 aromatic carbocycles. The lowest BCUT2D eigenvalue weighted by molar-refractivity contribution is 0.0951. The van der Waals surface area contributed by atoms with Crippen molar-refractivity contribution in [3.8, 4) is 11.5 Å². The fourth-order valence-corrected chi connectivity index (χ4v) is 4.76. The lowest BCUT2D eigenvalue weighted by Crippen LogP contribution is -2.32. The smallest absolute Gasteiger partial charge is 0.251 e. The predicted octanol–water partition coefficient (Wildman–Crippen LogP) is 5.98. The van der Waals surface area contributed by atoms with E-state index in [2.05, 4.69) is 46.6 Å². The van der Waals surface area contributed by atoms with Gasteiger partial charge in [-0.15, -0.1) is 0 Å². The number of benzene rings is 3. The minimum Gasteiger partial charge on any atom is -0.493 e. The quantitative estimate of drug-likeness (QED) is 0.420. The van der Waals surface area contributed by atoms with E-state index < -0.39 is 0 Å². The van der Waals surface area contributed by atoms with Crippen LogP contribution in [0.3, 0.4) is 0 Å². The molecule has 1 N–H and O–H groups in total. The lowest BCUT2D eigenvalue weighted by Gasteiger charge is -2.32. The molecule has 1 amide bonds. The Labute approximate surface area is 213 Å². The highest BCUT2D eigenvalue weighted by Crippen LogP contribution is 2.31. The maximum atomic E-state index is 12.5. The van der Waals surface area contributed by atoms with Crippen LogP contribution in [0.4, 0.5) is 0 Å². The van der Waals surface area contributed by atoms with Crippen molar-refractivity contribution < 1.29 is 14.3 Å². The highest BCUT2D eigenvalue weighted by atomic mass is 35.5. The molecule has 0 aliphatic carbocycles. The number of ether oxygens (including phenoxy) is 2. The van der Waals surface area contributed by atoms with Crippen molar-refractivity contribution in [2.24, 2.45) is 0 Å². The molecule has 0 atom stereocenters. The van der Waals surface area contributed by atoms with Gasteiger partial charge in [-0.1, -0.05) is 41.9 Å². The fourth-order valence-electron chi connectivity index (χ4n) is 4.64. The van der Waals surface area contributed by atoms with E-state index in [4.69, 9.17) is 21.1 Å². The summed E-state index contributed by atoms with van der Waals surface area (Å²) in [7, 11) is 3.33. The number of hydrogen-bond acceptors (Lipinski definition) is 4. The van der Waals surface area contributed by atoms with Crippen LogP contribution in [0.15, 0.2) is 60.7 Å². The topological polar surface area (TPSA) is 50.8 Å². The molecule has 0 radical (unpaired) electrons. The summed E-state index contributed by atoms with van der Waals surface area (Å²) in [5, 5.41) is 3.67. The summed E-state index contributed by atoms with van der Waals surface area (Å²) in [6, 6.07) is 20.2. The molecule has 3 aromatic rings. The molecule has 6 heteroatoms. The Morgan fingerprint density at radius 3 is 2.29 bits per heavy atom. The van der Waals surface area contributed by atoms with E-state index in [0.717, 1.165) is 55.1 Å². The number of nitrogens with zero attached hydrogens (tertiary/aromatic N) is 1. The normalized spacial score (nSPS) is 14.5. The number of piperidine rings is 1. The van der Waals surface area contributed by atoms with Crippen LogP contribution < -0.4 is 14.8 Å². The first kappa shape index (κ1) is 25.1. The van der Waals surface area contributed by atoms with Gasteiger partial charge in [-0.2, -0.15) is 0 Å². The van der Waals surface area contributed by atoms with Gasteiger partial charge in [0.25, 0.3) is 5.91 Å². The average molecular weight is 493 g/mol. The second-order valence-corrected chi connectivity index (χ2v) is 9.54. The van der Waals surface area contributed by atoms with Gasteiger partial charge in [-0.3, -0.25) is 9.69 Å². The zero-order valence-electron chi connectivity index (χ0n) is 20.6. The monoisotopic (exact) mass is 492 g/mol. The van der Waals surface area contributed by atoms with Crippen LogP contribution in [-0.2, 0) is 13.1 Å². The molecular weight excluding hydrogens is 460 g/mol. The van der Waals surface area contributed by atoms with Crippen LogP contribution in [0, 0.1) is 6.92 Å². The van der Waals surface area contributed by atoms with E-state index in [9.17, 15) is 4.79 Å². The summed E-state index contributed by atoms with van der Waals surface area (Å²) in [6.45, 7) is 5.45. The van der Waals surface area contributed by atoms with Crippen molar-refractivity contribution >= 4 is 17.5 Å². The van der Waals surface area contributed by atoms with Crippen molar-refractivity contribution in [2.45, 2.75) is 38.8 Å². The molecule has 1 heterocycles. The molecule has 0 spiro atoms. The fraction of sp³-hybridized carbons (Fsp3) is 0.345. The molecule has 0 unspecified atom stereocenters. The number of methoxy groups -OCH3 is 2. The Hall–Kier alpha value is -3.02. The minimum atomic E-state index is -0.0873. The first-order valence-electron chi connectivity index (χ1n) is 12.0. The van der Waals surface area contributed by atoms with Crippen molar-refractivity contribution in [3.05, 3.63) is 93.5 Å². The molecular formula is C29H33ClN2O3. The molecule has 35 heavy (non-hydrogen) atoms.